The highest BCUT2D eigenvalue weighted by molar-refractivity contribution is 6.30. The molecule has 1 heterocycles. The summed E-state index contributed by atoms with van der Waals surface area (Å²) < 4.78 is 4.75. The number of ether oxygens (including phenoxy) is 1. The van der Waals surface area contributed by atoms with Crippen molar-refractivity contribution in [1.29, 1.82) is 0 Å². The first-order valence-corrected chi connectivity index (χ1v) is 6.32. The first-order chi connectivity index (χ1) is 8.60. The van der Waals surface area contributed by atoms with Gasteiger partial charge in [0.25, 0.3) is 0 Å². The van der Waals surface area contributed by atoms with Crippen molar-refractivity contribution < 1.29 is 9.53 Å². The summed E-state index contributed by atoms with van der Waals surface area (Å²) in [7, 11) is 1.39. The number of methoxy groups -OCH3 is 1. The van der Waals surface area contributed by atoms with Crippen LogP contribution in [0, 0.1) is 0 Å². The molecule has 1 amide bonds. The molecule has 2 atom stereocenters. The van der Waals surface area contributed by atoms with Crippen LogP contribution < -0.4 is 5.73 Å². The van der Waals surface area contributed by atoms with Crippen LogP contribution in [-0.2, 0) is 4.74 Å². The number of hydrogen-bond acceptors (Lipinski definition) is 3. The number of hydrogen-bond donors (Lipinski definition) is 1. The van der Waals surface area contributed by atoms with E-state index in [0.29, 0.717) is 18.1 Å². The van der Waals surface area contributed by atoms with Crippen molar-refractivity contribution in [1.82, 2.24) is 4.90 Å². The smallest absolute Gasteiger partial charge is 0.409 e. The van der Waals surface area contributed by atoms with Gasteiger partial charge in [0.1, 0.15) is 0 Å². The highest BCUT2D eigenvalue weighted by Gasteiger charge is 2.29. The predicted octanol–water partition coefficient (Wildman–Crippen LogP) is 2.22. The van der Waals surface area contributed by atoms with Gasteiger partial charge in [-0.25, -0.2) is 4.79 Å². The van der Waals surface area contributed by atoms with Crippen molar-refractivity contribution in [2.75, 3.05) is 20.2 Å². The zero-order chi connectivity index (χ0) is 13.1. The molecule has 0 bridgehead atoms. The van der Waals surface area contributed by atoms with Crippen LogP contribution in [0.4, 0.5) is 4.79 Å². The van der Waals surface area contributed by atoms with Crippen LogP contribution in [0.5, 0.6) is 0 Å². The lowest BCUT2D eigenvalue weighted by molar-refractivity contribution is 0.106. The molecule has 1 fully saturated rings. The number of amides is 1. The van der Waals surface area contributed by atoms with E-state index in [1.54, 1.807) is 4.90 Å². The zero-order valence-electron chi connectivity index (χ0n) is 10.3. The number of benzene rings is 1. The van der Waals surface area contributed by atoms with Gasteiger partial charge in [0.15, 0.2) is 0 Å². The summed E-state index contributed by atoms with van der Waals surface area (Å²) in [5.74, 6) is 0.214. The third-order valence-electron chi connectivity index (χ3n) is 3.24. The molecule has 5 heteroatoms. The summed E-state index contributed by atoms with van der Waals surface area (Å²) in [4.78, 5) is 13.2. The molecule has 98 valence electrons. The van der Waals surface area contributed by atoms with Gasteiger partial charge in [0.05, 0.1) is 7.11 Å². The molecule has 18 heavy (non-hydrogen) atoms. The Bertz CT molecular complexity index is 439. The van der Waals surface area contributed by atoms with Crippen LogP contribution >= 0.6 is 11.6 Å². The number of rotatable bonds is 1. The normalized spacial score (nSPS) is 23.8. The summed E-state index contributed by atoms with van der Waals surface area (Å²) in [6.45, 7) is 1.17. The molecule has 0 aliphatic carbocycles. The van der Waals surface area contributed by atoms with E-state index in [0.717, 1.165) is 12.0 Å². The molecule has 2 rings (SSSR count). The van der Waals surface area contributed by atoms with E-state index in [2.05, 4.69) is 0 Å². The maximum atomic E-state index is 11.6. The average molecular weight is 269 g/mol. The summed E-state index contributed by atoms with van der Waals surface area (Å²) in [6, 6.07) is 7.68. The second-order valence-corrected chi connectivity index (χ2v) is 5.06. The lowest BCUT2D eigenvalue weighted by Gasteiger charge is -2.35. The quantitative estimate of drug-likeness (QED) is 0.850. The lowest BCUT2D eigenvalue weighted by Crippen LogP contribution is -2.48. The molecule has 1 saturated heterocycles. The molecule has 4 nitrogen and oxygen atoms in total. The Morgan fingerprint density at radius 1 is 1.50 bits per heavy atom. The minimum Gasteiger partial charge on any atom is -0.453 e. The SMILES string of the molecule is COC(=O)N1CC(N)CC(c2cccc(Cl)c2)C1. The number of piperidine rings is 1. The Morgan fingerprint density at radius 3 is 2.94 bits per heavy atom. The van der Waals surface area contributed by atoms with Crippen molar-refractivity contribution in [3.05, 3.63) is 34.9 Å². The van der Waals surface area contributed by atoms with Gasteiger partial charge in [0.2, 0.25) is 0 Å². The molecule has 1 aromatic rings. The third kappa shape index (κ3) is 2.94. The van der Waals surface area contributed by atoms with Crippen molar-refractivity contribution >= 4 is 17.7 Å². The fourth-order valence-electron chi connectivity index (χ4n) is 2.42. The van der Waals surface area contributed by atoms with Crippen molar-refractivity contribution in [2.45, 2.75) is 18.4 Å². The number of carbonyl (C=O) groups is 1. The summed E-state index contributed by atoms with van der Waals surface area (Å²) in [5.41, 5.74) is 7.12. The maximum Gasteiger partial charge on any atom is 0.409 e. The largest absolute Gasteiger partial charge is 0.453 e. The molecule has 1 aliphatic heterocycles. The Morgan fingerprint density at radius 2 is 2.28 bits per heavy atom. The van der Waals surface area contributed by atoms with Gasteiger partial charge in [0, 0.05) is 30.1 Å². The van der Waals surface area contributed by atoms with Crippen LogP contribution in [0.25, 0.3) is 0 Å². The Kier molecular flexibility index (Phi) is 4.09. The van der Waals surface area contributed by atoms with Crippen molar-refractivity contribution in [3.63, 3.8) is 0 Å². The second kappa shape index (κ2) is 5.59. The molecule has 0 aromatic heterocycles. The predicted molar refractivity (Wildman–Crippen MR) is 70.8 cm³/mol. The number of nitrogens with zero attached hydrogens (tertiary/aromatic N) is 1. The van der Waals surface area contributed by atoms with Crippen molar-refractivity contribution in [2.24, 2.45) is 5.73 Å². The van der Waals surface area contributed by atoms with Crippen LogP contribution in [-0.4, -0.2) is 37.2 Å². The number of halogens is 1. The first kappa shape index (κ1) is 13.2. The van der Waals surface area contributed by atoms with E-state index in [-0.39, 0.29) is 18.1 Å². The van der Waals surface area contributed by atoms with Crippen LogP contribution in [0.3, 0.4) is 0 Å². The molecule has 2 N–H and O–H groups in total. The topological polar surface area (TPSA) is 55.6 Å². The lowest BCUT2D eigenvalue weighted by atomic mass is 9.88. The molecular weight excluding hydrogens is 252 g/mol. The van der Waals surface area contributed by atoms with E-state index < -0.39 is 0 Å². The van der Waals surface area contributed by atoms with Crippen molar-refractivity contribution in [3.8, 4) is 0 Å². The van der Waals surface area contributed by atoms with E-state index in [4.69, 9.17) is 22.1 Å². The standard InChI is InChI=1S/C13H17ClN2O2/c1-18-13(17)16-7-10(6-12(15)8-16)9-3-2-4-11(14)5-9/h2-5,10,12H,6-8,15H2,1H3. The summed E-state index contributed by atoms with van der Waals surface area (Å²) >= 11 is 5.99. The first-order valence-electron chi connectivity index (χ1n) is 5.94. The Balaban J connectivity index is 2.15. The molecule has 1 aromatic carbocycles. The summed E-state index contributed by atoms with van der Waals surface area (Å²) in [5, 5.41) is 0.705. The van der Waals surface area contributed by atoms with E-state index in [9.17, 15) is 4.79 Å². The number of likely N-dealkylation sites (tertiary alicyclic amines) is 1. The third-order valence-corrected chi connectivity index (χ3v) is 3.47. The van der Waals surface area contributed by atoms with Crippen LogP contribution in [0.1, 0.15) is 17.9 Å². The van der Waals surface area contributed by atoms with Gasteiger partial charge < -0.3 is 15.4 Å². The molecular formula is C13H17ClN2O2. The highest BCUT2D eigenvalue weighted by Crippen LogP contribution is 2.28. The van der Waals surface area contributed by atoms with Gasteiger partial charge in [-0.15, -0.1) is 0 Å². The highest BCUT2D eigenvalue weighted by atomic mass is 35.5. The fourth-order valence-corrected chi connectivity index (χ4v) is 2.62. The van der Waals surface area contributed by atoms with E-state index >= 15 is 0 Å². The number of carbonyl (C=O) groups excluding carboxylic acids is 1. The molecule has 1 aliphatic rings. The molecule has 0 radical (unpaired) electrons. The Labute approximate surface area is 112 Å². The van der Waals surface area contributed by atoms with Gasteiger partial charge in [-0.3, -0.25) is 0 Å². The fraction of sp³-hybridized carbons (Fsp3) is 0.462. The monoisotopic (exact) mass is 268 g/mol. The maximum absolute atomic E-state index is 11.6. The van der Waals surface area contributed by atoms with Crippen LogP contribution in [0.2, 0.25) is 5.02 Å². The van der Waals surface area contributed by atoms with Gasteiger partial charge in [-0.1, -0.05) is 23.7 Å². The van der Waals surface area contributed by atoms with E-state index in [1.165, 1.54) is 7.11 Å². The van der Waals surface area contributed by atoms with Gasteiger partial charge in [-0.05, 0) is 24.1 Å². The minimum absolute atomic E-state index is 0.0261. The zero-order valence-corrected chi connectivity index (χ0v) is 11.1. The molecule has 0 spiro atoms. The number of nitrogens with two attached hydrogens (primary N) is 1. The average Bonchev–Trinajstić information content (AvgIpc) is 2.37. The summed E-state index contributed by atoms with van der Waals surface area (Å²) in [6.07, 6.45) is 0.533. The second-order valence-electron chi connectivity index (χ2n) is 4.62. The minimum atomic E-state index is -0.322. The molecule has 0 saturated carbocycles. The van der Waals surface area contributed by atoms with Gasteiger partial charge >= 0.3 is 6.09 Å². The molecule has 2 unspecified atom stereocenters. The van der Waals surface area contributed by atoms with E-state index in [1.807, 2.05) is 24.3 Å². The van der Waals surface area contributed by atoms with Gasteiger partial charge in [-0.2, -0.15) is 0 Å². The van der Waals surface area contributed by atoms with Crippen LogP contribution in [0.15, 0.2) is 24.3 Å². The Hall–Kier alpha value is -1.26.